The fourth-order valence-electron chi connectivity index (χ4n) is 2.85. The fraction of sp³-hybridized carbons (Fsp3) is 0.130. The number of para-hydroxylation sites is 2. The minimum absolute atomic E-state index is 0.0604. The highest BCUT2D eigenvalue weighted by molar-refractivity contribution is 6.09. The van der Waals surface area contributed by atoms with Crippen molar-refractivity contribution in [3.8, 4) is 5.75 Å². The van der Waals surface area contributed by atoms with Gasteiger partial charge in [-0.25, -0.2) is 0 Å². The number of amides is 1. The Hall–Kier alpha value is -3.40. The lowest BCUT2D eigenvalue weighted by atomic mass is 9.95. The molecule has 4 heteroatoms. The molecule has 136 valence electrons. The molecule has 0 fully saturated rings. The van der Waals surface area contributed by atoms with Crippen molar-refractivity contribution in [1.82, 2.24) is 0 Å². The summed E-state index contributed by atoms with van der Waals surface area (Å²) in [5.41, 5.74) is 2.59. The topological polar surface area (TPSA) is 55.4 Å². The van der Waals surface area contributed by atoms with Gasteiger partial charge in [-0.15, -0.1) is 0 Å². The third-order valence-corrected chi connectivity index (χ3v) is 4.44. The molecule has 1 N–H and O–H groups in total. The Balaban J connectivity index is 1.80. The van der Waals surface area contributed by atoms with Crippen LogP contribution in [0.2, 0.25) is 0 Å². The average molecular weight is 359 g/mol. The molecule has 4 nitrogen and oxygen atoms in total. The minimum atomic E-state index is -0.418. The normalized spacial score (nSPS) is 11.5. The molecule has 3 aromatic rings. The van der Waals surface area contributed by atoms with E-state index in [1.165, 1.54) is 0 Å². The van der Waals surface area contributed by atoms with Crippen LogP contribution >= 0.6 is 0 Å². The van der Waals surface area contributed by atoms with Crippen molar-refractivity contribution in [1.29, 1.82) is 0 Å². The fourth-order valence-corrected chi connectivity index (χ4v) is 2.85. The maximum atomic E-state index is 12.7. The molecular weight excluding hydrogens is 338 g/mol. The van der Waals surface area contributed by atoms with E-state index in [2.05, 4.69) is 5.32 Å². The third kappa shape index (κ3) is 4.23. The van der Waals surface area contributed by atoms with Crippen LogP contribution in [0.1, 0.15) is 34.3 Å². The molecule has 3 rings (SSSR count). The van der Waals surface area contributed by atoms with Crippen molar-refractivity contribution in [3.63, 3.8) is 0 Å². The van der Waals surface area contributed by atoms with Crippen LogP contribution < -0.4 is 10.1 Å². The maximum absolute atomic E-state index is 12.7. The number of carbonyl (C=O) groups excluding carboxylic acids is 2. The van der Waals surface area contributed by atoms with Crippen LogP contribution in [0.3, 0.4) is 0 Å². The van der Waals surface area contributed by atoms with E-state index in [4.69, 9.17) is 4.74 Å². The zero-order chi connectivity index (χ0) is 19.2. The average Bonchev–Trinajstić information content (AvgIpc) is 2.73. The number of rotatable bonds is 6. The van der Waals surface area contributed by atoms with E-state index >= 15 is 0 Å². The minimum Gasteiger partial charge on any atom is -0.495 e. The van der Waals surface area contributed by atoms with Crippen LogP contribution in [0, 0.1) is 0 Å². The number of benzene rings is 3. The molecule has 1 unspecified atom stereocenters. The summed E-state index contributed by atoms with van der Waals surface area (Å²) in [5.74, 6) is -0.0388. The van der Waals surface area contributed by atoms with Crippen molar-refractivity contribution in [2.24, 2.45) is 0 Å². The molecule has 0 bridgehead atoms. The second kappa shape index (κ2) is 8.32. The first-order valence-corrected chi connectivity index (χ1v) is 8.73. The van der Waals surface area contributed by atoms with Gasteiger partial charge in [0.1, 0.15) is 5.75 Å². The summed E-state index contributed by atoms with van der Waals surface area (Å²) < 4.78 is 5.27. The molecule has 0 aliphatic carbocycles. The Labute approximate surface area is 158 Å². The van der Waals surface area contributed by atoms with Crippen molar-refractivity contribution in [2.45, 2.75) is 12.8 Å². The van der Waals surface area contributed by atoms with Crippen LogP contribution in [-0.2, 0) is 4.79 Å². The van der Waals surface area contributed by atoms with E-state index < -0.39 is 5.92 Å². The number of nitrogens with one attached hydrogen (secondary N) is 1. The van der Waals surface area contributed by atoms with Crippen molar-refractivity contribution < 1.29 is 14.3 Å². The van der Waals surface area contributed by atoms with Crippen LogP contribution in [-0.4, -0.2) is 18.8 Å². The van der Waals surface area contributed by atoms with E-state index in [9.17, 15) is 9.59 Å². The van der Waals surface area contributed by atoms with E-state index in [1.54, 1.807) is 49.6 Å². The number of carbonyl (C=O) groups is 2. The first-order chi connectivity index (χ1) is 13.1. The quantitative estimate of drug-likeness (QED) is 0.651. The number of hydrogen-bond acceptors (Lipinski definition) is 3. The Morgan fingerprint density at radius 1 is 0.852 bits per heavy atom. The predicted molar refractivity (Wildman–Crippen MR) is 106 cm³/mol. The second-order valence-electron chi connectivity index (χ2n) is 6.23. The molecule has 0 spiro atoms. The van der Waals surface area contributed by atoms with Crippen LogP contribution in [0.4, 0.5) is 5.69 Å². The first kappa shape index (κ1) is 18.4. The molecule has 27 heavy (non-hydrogen) atoms. The van der Waals surface area contributed by atoms with Gasteiger partial charge in [-0.3, -0.25) is 9.59 Å². The van der Waals surface area contributed by atoms with Gasteiger partial charge in [-0.1, -0.05) is 60.7 Å². The van der Waals surface area contributed by atoms with E-state index in [0.717, 1.165) is 5.56 Å². The molecule has 0 saturated carbocycles. The summed E-state index contributed by atoms with van der Waals surface area (Å²) in [7, 11) is 1.56. The summed E-state index contributed by atoms with van der Waals surface area (Å²) in [5, 5.41) is 2.89. The van der Waals surface area contributed by atoms with Crippen LogP contribution in [0.25, 0.3) is 0 Å². The lowest BCUT2D eigenvalue weighted by Crippen LogP contribution is -2.19. The Kier molecular flexibility index (Phi) is 5.67. The summed E-state index contributed by atoms with van der Waals surface area (Å²) in [6.45, 7) is 1.82. The Morgan fingerprint density at radius 2 is 1.52 bits per heavy atom. The molecule has 0 heterocycles. The number of methoxy groups -OCH3 is 1. The van der Waals surface area contributed by atoms with Crippen molar-refractivity contribution in [3.05, 3.63) is 95.6 Å². The zero-order valence-corrected chi connectivity index (χ0v) is 15.3. The largest absolute Gasteiger partial charge is 0.495 e. The molecule has 0 aliphatic rings. The SMILES string of the molecule is COc1ccccc1NC(=O)C(C)c1cccc(C(=O)c2ccccc2)c1. The van der Waals surface area contributed by atoms with Gasteiger partial charge in [-0.2, -0.15) is 0 Å². The zero-order valence-electron chi connectivity index (χ0n) is 15.3. The third-order valence-electron chi connectivity index (χ3n) is 4.44. The molecule has 1 atom stereocenters. The van der Waals surface area contributed by atoms with E-state index in [-0.39, 0.29) is 11.7 Å². The highest BCUT2D eigenvalue weighted by Crippen LogP contribution is 2.26. The maximum Gasteiger partial charge on any atom is 0.231 e. The lowest BCUT2D eigenvalue weighted by Gasteiger charge is -2.15. The molecule has 0 aliphatic heterocycles. The first-order valence-electron chi connectivity index (χ1n) is 8.73. The van der Waals surface area contributed by atoms with Crippen molar-refractivity contribution >= 4 is 17.4 Å². The molecule has 0 aromatic heterocycles. The number of ether oxygens (including phenoxy) is 1. The second-order valence-corrected chi connectivity index (χ2v) is 6.23. The summed E-state index contributed by atoms with van der Waals surface area (Å²) in [4.78, 5) is 25.3. The van der Waals surface area contributed by atoms with Crippen LogP contribution in [0.15, 0.2) is 78.9 Å². The van der Waals surface area contributed by atoms with Gasteiger partial charge >= 0.3 is 0 Å². The number of ketones is 1. The van der Waals surface area contributed by atoms with E-state index in [0.29, 0.717) is 22.6 Å². The van der Waals surface area contributed by atoms with Gasteiger partial charge in [0.25, 0.3) is 0 Å². The van der Waals surface area contributed by atoms with Gasteiger partial charge in [0.2, 0.25) is 5.91 Å². The summed E-state index contributed by atoms with van der Waals surface area (Å²) in [6, 6.07) is 23.6. The van der Waals surface area contributed by atoms with Crippen LogP contribution in [0.5, 0.6) is 5.75 Å². The standard InChI is InChI=1S/C23H21NO3/c1-16(23(26)24-20-13-6-7-14-21(20)27-2)18-11-8-12-19(15-18)22(25)17-9-4-3-5-10-17/h3-16H,1-2H3,(H,24,26). The smallest absolute Gasteiger partial charge is 0.231 e. The van der Waals surface area contributed by atoms with Gasteiger partial charge in [0.05, 0.1) is 18.7 Å². The van der Waals surface area contributed by atoms with Gasteiger partial charge in [0, 0.05) is 11.1 Å². The Morgan fingerprint density at radius 3 is 2.26 bits per heavy atom. The molecule has 1 amide bonds. The summed E-state index contributed by atoms with van der Waals surface area (Å²) >= 11 is 0. The highest BCUT2D eigenvalue weighted by atomic mass is 16.5. The van der Waals surface area contributed by atoms with Gasteiger partial charge < -0.3 is 10.1 Å². The van der Waals surface area contributed by atoms with E-state index in [1.807, 2.05) is 43.3 Å². The molecule has 0 saturated heterocycles. The predicted octanol–water partition coefficient (Wildman–Crippen LogP) is 4.67. The number of anilines is 1. The molecule has 0 radical (unpaired) electrons. The Bertz CT molecular complexity index is 951. The highest BCUT2D eigenvalue weighted by Gasteiger charge is 2.18. The molecule has 3 aromatic carbocycles. The summed E-state index contributed by atoms with van der Waals surface area (Å²) in [6.07, 6.45) is 0. The lowest BCUT2D eigenvalue weighted by molar-refractivity contribution is -0.117. The van der Waals surface area contributed by atoms with Crippen molar-refractivity contribution in [2.75, 3.05) is 12.4 Å². The van der Waals surface area contributed by atoms with Gasteiger partial charge in [-0.05, 0) is 30.7 Å². The molecular formula is C23H21NO3. The van der Waals surface area contributed by atoms with Gasteiger partial charge in [0.15, 0.2) is 5.78 Å². The number of hydrogen-bond donors (Lipinski definition) is 1. The monoisotopic (exact) mass is 359 g/mol.